The number of carbonyl (C=O) groups excluding carboxylic acids is 1. The summed E-state index contributed by atoms with van der Waals surface area (Å²) in [6.07, 6.45) is 77.2. The Morgan fingerprint density at radius 2 is 0.765 bits per heavy atom. The van der Waals surface area contributed by atoms with Crippen LogP contribution in [0.15, 0.2) is 60.8 Å². The molecule has 0 aromatic carbocycles. The van der Waals surface area contributed by atoms with Gasteiger partial charge in [-0.3, -0.25) is 4.79 Å². The maximum Gasteiger partial charge on any atom is 0.220 e. The number of aliphatic hydroxyl groups is 5. The molecule has 1 saturated heterocycles. The van der Waals surface area contributed by atoms with Crippen molar-refractivity contribution in [1.82, 2.24) is 5.32 Å². The molecule has 81 heavy (non-hydrogen) atoms. The predicted octanol–water partition coefficient (Wildman–Crippen LogP) is 19.0. The summed E-state index contributed by atoms with van der Waals surface area (Å²) in [5, 5.41) is 54.9. The lowest BCUT2D eigenvalue weighted by Crippen LogP contribution is -2.60. The average Bonchev–Trinajstić information content (AvgIpc) is 3.49. The molecule has 0 radical (unpaired) electrons. The first-order chi connectivity index (χ1) is 39.8. The van der Waals surface area contributed by atoms with Crippen LogP contribution in [0.4, 0.5) is 0 Å². The van der Waals surface area contributed by atoms with Crippen molar-refractivity contribution >= 4 is 5.91 Å². The molecule has 1 aliphatic rings. The van der Waals surface area contributed by atoms with Gasteiger partial charge in [0.05, 0.1) is 25.4 Å². The molecule has 1 rings (SSSR count). The topological polar surface area (TPSA) is 149 Å². The number of ether oxygens (including phenoxy) is 2. The van der Waals surface area contributed by atoms with Crippen LogP contribution in [0.1, 0.15) is 335 Å². The number of unbranched alkanes of at least 4 members (excludes halogenated alkanes) is 41. The second-order valence-electron chi connectivity index (χ2n) is 24.3. The summed E-state index contributed by atoms with van der Waals surface area (Å²) in [5.74, 6) is -0.148. The quantitative estimate of drug-likeness (QED) is 0.0261. The van der Waals surface area contributed by atoms with Gasteiger partial charge in [0.2, 0.25) is 5.91 Å². The third-order valence-corrected chi connectivity index (χ3v) is 16.6. The summed E-state index contributed by atoms with van der Waals surface area (Å²) in [6, 6.07) is -0.728. The first kappa shape index (κ1) is 76.9. The molecule has 0 spiro atoms. The fourth-order valence-electron chi connectivity index (χ4n) is 11.2. The van der Waals surface area contributed by atoms with E-state index in [-0.39, 0.29) is 12.5 Å². The Hall–Kier alpha value is -2.11. The number of amides is 1. The van der Waals surface area contributed by atoms with E-state index in [2.05, 4.69) is 79.9 Å². The number of allylic oxidation sites excluding steroid dienone is 10. The molecule has 1 fully saturated rings. The van der Waals surface area contributed by atoms with Gasteiger partial charge in [-0.2, -0.15) is 0 Å². The minimum Gasteiger partial charge on any atom is -0.394 e. The molecular formula is C72H133NO8. The van der Waals surface area contributed by atoms with E-state index in [0.717, 1.165) is 77.0 Å². The van der Waals surface area contributed by atoms with Gasteiger partial charge in [0.1, 0.15) is 24.4 Å². The molecule has 9 heteroatoms. The largest absolute Gasteiger partial charge is 0.394 e. The maximum absolute atomic E-state index is 13.1. The lowest BCUT2D eigenvalue weighted by atomic mass is 9.99. The van der Waals surface area contributed by atoms with E-state index in [4.69, 9.17) is 9.47 Å². The van der Waals surface area contributed by atoms with Gasteiger partial charge in [-0.05, 0) is 57.8 Å². The third kappa shape index (κ3) is 49.8. The Bertz CT molecular complexity index is 1460. The van der Waals surface area contributed by atoms with E-state index >= 15 is 0 Å². The van der Waals surface area contributed by atoms with Crippen LogP contribution in [0.3, 0.4) is 0 Å². The summed E-state index contributed by atoms with van der Waals surface area (Å²) < 4.78 is 11.4. The van der Waals surface area contributed by atoms with Gasteiger partial charge < -0.3 is 40.3 Å². The van der Waals surface area contributed by atoms with Crippen molar-refractivity contribution in [3.8, 4) is 0 Å². The van der Waals surface area contributed by atoms with Crippen molar-refractivity contribution in [1.29, 1.82) is 0 Å². The SMILES string of the molecule is CC/C=C\C/C=C\C/C=C\C/C=C\C/C=C\CCCCCCCCCCCC(=O)NC(COC1OC(CO)C(O)C(O)C1O)C(O)CCCCCCCCCCCCCCCCCCCCCCCCCCCCCCCCCCC. The molecule has 7 atom stereocenters. The number of carbonyl (C=O) groups is 1. The number of rotatable bonds is 61. The zero-order valence-corrected chi connectivity index (χ0v) is 53.0. The normalized spacial score (nSPS) is 18.7. The fourth-order valence-corrected chi connectivity index (χ4v) is 11.2. The highest BCUT2D eigenvalue weighted by molar-refractivity contribution is 5.76. The standard InChI is InChI=1S/C72H133NO8/c1-3-5-7-9-11-13-15-17-19-21-23-25-27-29-30-31-32-33-34-35-36-38-39-41-43-45-47-49-51-53-55-57-59-61-66(75)65(64-80-72-71(79)70(78)69(77)67(63-74)81-72)73-68(76)62-60-58-56-54-52-50-48-46-44-42-40-37-28-26-24-22-20-18-16-14-12-10-8-6-4-2/h6,8,12,14,18,20,24,26,37,40,65-67,69-72,74-75,77-79H,3-5,7,9-11,13,15-17,19,21-23,25,27-36,38-39,41-64H2,1-2H3,(H,73,76)/b8-6-,14-12-,20-18-,26-24-,40-37-. The van der Waals surface area contributed by atoms with Crippen LogP contribution in [0.2, 0.25) is 0 Å². The lowest BCUT2D eigenvalue weighted by Gasteiger charge is -2.40. The Morgan fingerprint density at radius 3 is 1.14 bits per heavy atom. The van der Waals surface area contributed by atoms with E-state index in [1.807, 2.05) is 0 Å². The zero-order chi connectivity index (χ0) is 58.6. The molecule has 1 aliphatic heterocycles. The number of aliphatic hydroxyl groups excluding tert-OH is 5. The van der Waals surface area contributed by atoms with Crippen LogP contribution in [0.5, 0.6) is 0 Å². The summed E-state index contributed by atoms with van der Waals surface area (Å²) in [7, 11) is 0. The minimum absolute atomic E-state index is 0.141. The van der Waals surface area contributed by atoms with Gasteiger partial charge in [-0.15, -0.1) is 0 Å². The summed E-state index contributed by atoms with van der Waals surface area (Å²) >= 11 is 0. The highest BCUT2D eigenvalue weighted by Gasteiger charge is 2.44. The third-order valence-electron chi connectivity index (χ3n) is 16.6. The van der Waals surface area contributed by atoms with Crippen molar-refractivity contribution in [2.24, 2.45) is 0 Å². The Balaban J connectivity index is 2.11. The molecule has 0 aromatic rings. The van der Waals surface area contributed by atoms with E-state index in [1.54, 1.807) is 0 Å². The van der Waals surface area contributed by atoms with Crippen molar-refractivity contribution in [3.05, 3.63) is 60.8 Å². The zero-order valence-electron chi connectivity index (χ0n) is 53.0. The fraction of sp³-hybridized carbons (Fsp3) is 0.847. The second-order valence-corrected chi connectivity index (χ2v) is 24.3. The van der Waals surface area contributed by atoms with Gasteiger partial charge in [0.25, 0.3) is 0 Å². The summed E-state index contributed by atoms with van der Waals surface area (Å²) in [5.41, 5.74) is 0. The monoisotopic (exact) mass is 1140 g/mol. The van der Waals surface area contributed by atoms with Crippen molar-refractivity contribution < 1.29 is 39.8 Å². The molecule has 1 amide bonds. The van der Waals surface area contributed by atoms with Gasteiger partial charge in [0, 0.05) is 6.42 Å². The summed E-state index contributed by atoms with van der Waals surface area (Å²) in [6.45, 7) is 3.76. The van der Waals surface area contributed by atoms with Gasteiger partial charge in [-0.1, -0.05) is 331 Å². The van der Waals surface area contributed by atoms with Crippen LogP contribution in [-0.4, -0.2) is 87.5 Å². The van der Waals surface area contributed by atoms with Crippen LogP contribution in [0, 0.1) is 0 Å². The highest BCUT2D eigenvalue weighted by Crippen LogP contribution is 2.24. The van der Waals surface area contributed by atoms with Crippen LogP contribution in [0.25, 0.3) is 0 Å². The first-order valence-corrected chi connectivity index (χ1v) is 35.0. The van der Waals surface area contributed by atoms with E-state index in [9.17, 15) is 30.3 Å². The first-order valence-electron chi connectivity index (χ1n) is 35.0. The molecular weight excluding hydrogens is 1010 g/mol. The van der Waals surface area contributed by atoms with Crippen molar-refractivity contribution in [2.45, 2.75) is 378 Å². The molecule has 0 saturated carbocycles. The number of nitrogens with one attached hydrogen (secondary N) is 1. The molecule has 0 bridgehead atoms. The van der Waals surface area contributed by atoms with Crippen LogP contribution in [-0.2, 0) is 14.3 Å². The number of hydrogen-bond donors (Lipinski definition) is 6. The summed E-state index contributed by atoms with van der Waals surface area (Å²) in [4.78, 5) is 13.1. The average molecular weight is 1140 g/mol. The van der Waals surface area contributed by atoms with Crippen LogP contribution >= 0.6 is 0 Å². The van der Waals surface area contributed by atoms with Gasteiger partial charge >= 0.3 is 0 Å². The molecule has 0 aromatic heterocycles. The molecule has 474 valence electrons. The maximum atomic E-state index is 13.1. The Morgan fingerprint density at radius 1 is 0.432 bits per heavy atom. The van der Waals surface area contributed by atoms with Gasteiger partial charge in [0.15, 0.2) is 6.29 Å². The Kier molecular flexibility index (Phi) is 57.9. The second kappa shape index (κ2) is 61.0. The van der Waals surface area contributed by atoms with Crippen LogP contribution < -0.4 is 5.32 Å². The van der Waals surface area contributed by atoms with E-state index < -0.39 is 49.5 Å². The predicted molar refractivity (Wildman–Crippen MR) is 346 cm³/mol. The van der Waals surface area contributed by atoms with E-state index in [1.165, 1.54) is 231 Å². The highest BCUT2D eigenvalue weighted by atomic mass is 16.7. The molecule has 9 nitrogen and oxygen atoms in total. The molecule has 6 N–H and O–H groups in total. The van der Waals surface area contributed by atoms with Gasteiger partial charge in [-0.25, -0.2) is 0 Å². The number of hydrogen-bond acceptors (Lipinski definition) is 8. The lowest BCUT2D eigenvalue weighted by molar-refractivity contribution is -0.302. The smallest absolute Gasteiger partial charge is 0.220 e. The van der Waals surface area contributed by atoms with E-state index in [0.29, 0.717) is 12.8 Å². The van der Waals surface area contributed by atoms with Crippen molar-refractivity contribution in [3.63, 3.8) is 0 Å². The minimum atomic E-state index is -1.56. The molecule has 0 aliphatic carbocycles. The molecule has 1 heterocycles. The molecule has 7 unspecified atom stereocenters. The van der Waals surface area contributed by atoms with Crippen molar-refractivity contribution in [2.75, 3.05) is 13.2 Å². The Labute approximate surface area is 500 Å².